The SMILES string of the molecule is O=C(CCSC1=C/C(=N\S(=O)(=O)c2cccs2)c2ccccc2C1=O)NC1CC1. The maximum atomic E-state index is 12.8. The number of fused-ring (bicyclic) bond motifs is 1. The zero-order valence-corrected chi connectivity index (χ0v) is 17.8. The molecular formula is C20H18N2O4S3. The second-order valence-electron chi connectivity index (χ2n) is 6.71. The van der Waals surface area contributed by atoms with Gasteiger partial charge in [-0.2, -0.15) is 12.8 Å². The minimum Gasteiger partial charge on any atom is -0.353 e. The fourth-order valence-corrected chi connectivity index (χ4v) is 5.76. The third-order valence-electron chi connectivity index (χ3n) is 4.44. The van der Waals surface area contributed by atoms with Crippen LogP contribution in [0.4, 0.5) is 0 Å². The van der Waals surface area contributed by atoms with Crippen LogP contribution >= 0.6 is 23.1 Å². The summed E-state index contributed by atoms with van der Waals surface area (Å²) in [6.07, 6.45) is 3.86. The van der Waals surface area contributed by atoms with Gasteiger partial charge in [-0.1, -0.05) is 30.3 Å². The molecule has 0 atom stereocenters. The summed E-state index contributed by atoms with van der Waals surface area (Å²) in [6.45, 7) is 0. The van der Waals surface area contributed by atoms with Gasteiger partial charge >= 0.3 is 0 Å². The van der Waals surface area contributed by atoms with Crippen LogP contribution in [0.1, 0.15) is 35.2 Å². The average molecular weight is 447 g/mol. The van der Waals surface area contributed by atoms with Crippen molar-refractivity contribution in [2.24, 2.45) is 4.40 Å². The Balaban J connectivity index is 1.59. The van der Waals surface area contributed by atoms with E-state index < -0.39 is 10.0 Å². The Kier molecular flexibility index (Phi) is 5.71. The molecule has 1 saturated carbocycles. The summed E-state index contributed by atoms with van der Waals surface area (Å²) < 4.78 is 29.4. The number of rotatable bonds is 7. The molecule has 2 aliphatic carbocycles. The fourth-order valence-electron chi connectivity index (χ4n) is 2.85. The summed E-state index contributed by atoms with van der Waals surface area (Å²) in [6, 6.07) is 10.3. The van der Waals surface area contributed by atoms with Crippen molar-refractivity contribution >= 4 is 50.5 Å². The number of Topliss-reactive ketones (excluding diaryl/α,β-unsaturated/α-hetero) is 1. The Morgan fingerprint density at radius 2 is 1.93 bits per heavy atom. The molecule has 9 heteroatoms. The number of thiophene rings is 1. The highest BCUT2D eigenvalue weighted by molar-refractivity contribution is 8.04. The van der Waals surface area contributed by atoms with Gasteiger partial charge in [0.15, 0.2) is 5.78 Å². The highest BCUT2D eigenvalue weighted by Crippen LogP contribution is 2.30. The fraction of sp³-hybridized carbons (Fsp3) is 0.250. The lowest BCUT2D eigenvalue weighted by Crippen LogP contribution is -2.25. The third-order valence-corrected chi connectivity index (χ3v) is 8.12. The number of nitrogens with one attached hydrogen (secondary N) is 1. The Bertz CT molecular complexity index is 1110. The zero-order valence-electron chi connectivity index (χ0n) is 15.3. The number of carbonyl (C=O) groups is 2. The number of thioether (sulfide) groups is 1. The summed E-state index contributed by atoms with van der Waals surface area (Å²) in [5, 5.41) is 4.59. The normalized spacial score (nSPS) is 17.7. The average Bonchev–Trinajstić information content (AvgIpc) is 3.31. The van der Waals surface area contributed by atoms with E-state index in [1.165, 1.54) is 23.9 Å². The van der Waals surface area contributed by atoms with E-state index in [4.69, 9.17) is 0 Å². The summed E-state index contributed by atoms with van der Waals surface area (Å²) in [5.41, 5.74) is 1.15. The van der Waals surface area contributed by atoms with E-state index in [-0.39, 0.29) is 21.6 Å². The summed E-state index contributed by atoms with van der Waals surface area (Å²) in [4.78, 5) is 25.1. The second-order valence-corrected chi connectivity index (χ2v) is 10.6. The summed E-state index contributed by atoms with van der Waals surface area (Å²) in [7, 11) is -3.86. The Hall–Kier alpha value is -2.23. The van der Waals surface area contributed by atoms with E-state index in [0.717, 1.165) is 24.2 Å². The molecule has 0 radical (unpaired) electrons. The zero-order chi connectivity index (χ0) is 20.4. The van der Waals surface area contributed by atoms with Crippen molar-refractivity contribution < 1.29 is 18.0 Å². The molecule has 1 N–H and O–H groups in total. The van der Waals surface area contributed by atoms with Crippen molar-refractivity contribution in [3.05, 3.63) is 63.9 Å². The van der Waals surface area contributed by atoms with Gasteiger partial charge in [-0.25, -0.2) is 0 Å². The number of sulfonamides is 1. The third kappa shape index (κ3) is 4.68. The quantitative estimate of drug-likeness (QED) is 0.704. The van der Waals surface area contributed by atoms with Crippen LogP contribution in [0.3, 0.4) is 0 Å². The number of carbonyl (C=O) groups excluding carboxylic acids is 2. The van der Waals surface area contributed by atoms with E-state index >= 15 is 0 Å². The molecule has 2 aromatic rings. The minimum atomic E-state index is -3.86. The van der Waals surface area contributed by atoms with Gasteiger partial charge in [-0.15, -0.1) is 23.1 Å². The number of ketones is 1. The topological polar surface area (TPSA) is 92.7 Å². The highest BCUT2D eigenvalue weighted by Gasteiger charge is 2.27. The van der Waals surface area contributed by atoms with Crippen LogP contribution in [0.2, 0.25) is 0 Å². The van der Waals surface area contributed by atoms with Crippen molar-refractivity contribution in [2.45, 2.75) is 29.5 Å². The maximum absolute atomic E-state index is 12.8. The molecule has 1 aromatic heterocycles. The first kappa shape index (κ1) is 20.1. The van der Waals surface area contributed by atoms with E-state index in [1.807, 2.05) is 0 Å². The monoisotopic (exact) mass is 446 g/mol. The Labute approximate surface area is 177 Å². The molecule has 2 aliphatic rings. The summed E-state index contributed by atoms with van der Waals surface area (Å²) in [5.74, 6) is 0.225. The first-order valence-corrected chi connectivity index (χ1v) is 12.4. The van der Waals surface area contributed by atoms with Crippen LogP contribution in [-0.2, 0) is 14.8 Å². The van der Waals surface area contributed by atoms with Gasteiger partial charge in [0.25, 0.3) is 10.0 Å². The van der Waals surface area contributed by atoms with Gasteiger partial charge in [0.05, 0.1) is 10.6 Å². The van der Waals surface area contributed by atoms with E-state index in [1.54, 1.807) is 35.7 Å². The maximum Gasteiger partial charge on any atom is 0.292 e. The number of benzene rings is 1. The smallest absolute Gasteiger partial charge is 0.292 e. The Morgan fingerprint density at radius 3 is 2.62 bits per heavy atom. The van der Waals surface area contributed by atoms with Crippen LogP contribution in [-0.4, -0.2) is 37.6 Å². The molecule has 1 heterocycles. The lowest BCUT2D eigenvalue weighted by molar-refractivity contribution is -0.120. The predicted molar refractivity (Wildman–Crippen MR) is 115 cm³/mol. The van der Waals surface area contributed by atoms with Gasteiger partial charge in [-0.05, 0) is 30.4 Å². The standard InChI is InChI=1S/C20H18N2O4S3/c23-18(21-13-7-8-13)9-11-27-17-12-16(14-4-1-2-5-15(14)20(17)24)22-29(25,26)19-6-3-10-28-19/h1-6,10,12-13H,7-9,11H2,(H,21,23)/b22-16+. The molecule has 1 fully saturated rings. The molecule has 0 spiro atoms. The van der Waals surface area contributed by atoms with Crippen LogP contribution in [0, 0.1) is 0 Å². The van der Waals surface area contributed by atoms with Crippen LogP contribution in [0.5, 0.6) is 0 Å². The lowest BCUT2D eigenvalue weighted by atomic mass is 9.94. The van der Waals surface area contributed by atoms with Gasteiger partial charge in [0.2, 0.25) is 5.91 Å². The number of hydrogen-bond donors (Lipinski definition) is 1. The number of amides is 1. The van der Waals surface area contributed by atoms with E-state index in [9.17, 15) is 18.0 Å². The van der Waals surface area contributed by atoms with Crippen LogP contribution in [0.15, 0.2) is 61.4 Å². The number of nitrogens with zero attached hydrogens (tertiary/aromatic N) is 1. The van der Waals surface area contributed by atoms with E-state index in [0.29, 0.717) is 34.2 Å². The molecule has 4 rings (SSSR count). The van der Waals surface area contributed by atoms with Crippen molar-refractivity contribution in [2.75, 3.05) is 5.75 Å². The van der Waals surface area contributed by atoms with Crippen LogP contribution < -0.4 is 5.32 Å². The van der Waals surface area contributed by atoms with Crippen molar-refractivity contribution in [3.63, 3.8) is 0 Å². The molecule has 0 bridgehead atoms. The van der Waals surface area contributed by atoms with Gasteiger partial charge in [-0.3, -0.25) is 9.59 Å². The first-order valence-electron chi connectivity index (χ1n) is 9.10. The summed E-state index contributed by atoms with van der Waals surface area (Å²) >= 11 is 2.35. The molecule has 1 aromatic carbocycles. The molecule has 6 nitrogen and oxygen atoms in total. The Morgan fingerprint density at radius 1 is 1.17 bits per heavy atom. The molecule has 0 unspecified atom stereocenters. The van der Waals surface area contributed by atoms with Crippen molar-refractivity contribution in [1.29, 1.82) is 0 Å². The second kappa shape index (κ2) is 8.25. The van der Waals surface area contributed by atoms with Crippen molar-refractivity contribution in [1.82, 2.24) is 5.32 Å². The van der Waals surface area contributed by atoms with Gasteiger partial charge in [0, 0.05) is 29.3 Å². The molecule has 0 aliphatic heterocycles. The number of hydrogen-bond acceptors (Lipinski definition) is 6. The molecule has 150 valence electrons. The van der Waals surface area contributed by atoms with Crippen LogP contribution in [0.25, 0.3) is 0 Å². The molecule has 0 saturated heterocycles. The first-order chi connectivity index (χ1) is 13.9. The molecule has 1 amide bonds. The highest BCUT2D eigenvalue weighted by atomic mass is 32.2. The van der Waals surface area contributed by atoms with Crippen molar-refractivity contribution in [3.8, 4) is 0 Å². The molecular weight excluding hydrogens is 428 g/mol. The predicted octanol–water partition coefficient (Wildman–Crippen LogP) is 3.41. The van der Waals surface area contributed by atoms with Gasteiger partial charge < -0.3 is 5.32 Å². The molecule has 29 heavy (non-hydrogen) atoms. The largest absolute Gasteiger partial charge is 0.353 e. The minimum absolute atomic E-state index is 0.0292. The number of allylic oxidation sites excluding steroid dienone is 2. The van der Waals surface area contributed by atoms with E-state index in [2.05, 4.69) is 9.71 Å². The van der Waals surface area contributed by atoms with Gasteiger partial charge in [0.1, 0.15) is 4.21 Å². The lowest BCUT2D eigenvalue weighted by Gasteiger charge is -2.17.